The Bertz CT molecular complexity index is 8960. The number of nitrogens with zero attached hydrogens (tertiary/aromatic N) is 8. The monoisotopic (exact) mass is 1740 g/mol. The summed E-state index contributed by atoms with van der Waals surface area (Å²) in [7, 11) is 7.47. The molecule has 8 aromatic heterocycles. The van der Waals surface area contributed by atoms with E-state index >= 15 is 0 Å². The Hall–Kier alpha value is -15.6. The predicted octanol–water partition coefficient (Wildman–Crippen LogP) is 32.1. The van der Waals surface area contributed by atoms with Crippen molar-refractivity contribution >= 4 is 111 Å². The van der Waals surface area contributed by atoms with Crippen LogP contribution in [-0.4, -0.2) is 0 Å². The van der Waals surface area contributed by atoms with Crippen molar-refractivity contribution in [3.05, 3.63) is 380 Å². The number of rotatable bonds is 12. The molecule has 0 bridgehead atoms. The van der Waals surface area contributed by atoms with Crippen molar-refractivity contribution in [2.45, 2.75) is 134 Å². The molecule has 132 heavy (non-hydrogen) atoms. The highest BCUT2D eigenvalue weighted by Crippen LogP contribution is 2.51. The van der Waals surface area contributed by atoms with E-state index in [1.54, 1.807) is 65.8 Å². The second-order valence-corrected chi connectivity index (χ2v) is 34.6. The molecule has 648 valence electrons. The van der Waals surface area contributed by atoms with Gasteiger partial charge in [0, 0.05) is 129 Å². The molecule has 0 N–H and O–H groups in total. The summed E-state index contributed by atoms with van der Waals surface area (Å²) in [6, 6.07) is 75.9. The Morgan fingerprint density at radius 2 is 0.667 bits per heavy atom. The van der Waals surface area contributed by atoms with Crippen molar-refractivity contribution in [1.82, 2.24) is 0 Å². The van der Waals surface area contributed by atoms with Crippen LogP contribution in [0.2, 0.25) is 0 Å². The molecule has 12 heteroatoms. The zero-order valence-electron chi connectivity index (χ0n) is 90.7. The number of hydrogen-bond acceptors (Lipinski definition) is 4. The van der Waals surface area contributed by atoms with E-state index in [4.69, 9.17) is 61.8 Å². The molecule has 0 aliphatic heterocycles. The van der Waals surface area contributed by atoms with Gasteiger partial charge in [0.15, 0.2) is 22.8 Å². The topological polar surface area (TPSA) is 85.5 Å². The van der Waals surface area contributed by atoms with Crippen LogP contribution >= 0.6 is 0 Å². The van der Waals surface area contributed by atoms with Crippen LogP contribution in [0.5, 0.6) is 0 Å². The Morgan fingerprint density at radius 3 is 1.17 bits per heavy atom. The van der Waals surface area contributed by atoms with Gasteiger partial charge in [0.05, 0.1) is 56.8 Å². The fourth-order valence-corrected chi connectivity index (χ4v) is 17.7. The molecule has 0 saturated heterocycles. The summed E-state index contributed by atoms with van der Waals surface area (Å²) in [5.74, 6) is -5.13. The van der Waals surface area contributed by atoms with Crippen molar-refractivity contribution < 1.29 is 53.8 Å². The lowest BCUT2D eigenvalue weighted by Crippen LogP contribution is -2.35. The molecule has 1 atom stereocenters. The molecular weight excluding hydrogens is 1620 g/mol. The lowest BCUT2D eigenvalue weighted by Gasteiger charge is -2.13. The van der Waals surface area contributed by atoms with Gasteiger partial charge >= 0.3 is 0 Å². The molecule has 20 rings (SSSR count). The average molecular weight is 1740 g/mol. The zero-order valence-corrected chi connectivity index (χ0v) is 77.7. The summed E-state index contributed by atoms with van der Waals surface area (Å²) in [5.41, 5.74) is 27.9. The van der Waals surface area contributed by atoms with E-state index in [2.05, 4.69) is 43.6 Å². The SMILES string of the molecule is [2H]C([2H])([2H])C([2H])(C)c1cc(C)[n+](C)c(-c2c(C)ccc3c2oc2c([N+]#[C-])c(-c4ccccc4)ccc23)c1.[2H]c1c(C([2H])(C)C)c([2H])c(-c2c(C)cc(-c3ccccc3)c3c2oc2c([N+]#[C-])cccc23)[n+](C)c1C.[2H]c1c(C([2H])(C)C)c([2H])c(-c2c(C)ccc3c2oc2c([N+]#[C-])cc(-c4ccccc4)cc23)[n+](C)c1C.[2H]c1c(C([2H])(C)C)c([2H])c(-c2c(C)ccc3c2oc2c([N+]#[C-])ccc(-c4ccccc4)c23)[n+](C)c1C. The maximum absolute atomic E-state index is 9.17. The van der Waals surface area contributed by atoms with Gasteiger partial charge in [0.25, 0.3) is 0 Å². The van der Waals surface area contributed by atoms with E-state index in [1.165, 1.54) is 6.92 Å². The fourth-order valence-electron chi connectivity index (χ4n) is 17.7. The van der Waals surface area contributed by atoms with E-state index in [0.717, 1.165) is 143 Å². The predicted molar refractivity (Wildman–Crippen MR) is 542 cm³/mol. The minimum Gasteiger partial charge on any atom is -0.466 e. The van der Waals surface area contributed by atoms with Crippen LogP contribution in [0, 0.1) is 81.7 Å². The number of furan rings is 4. The highest BCUT2D eigenvalue weighted by molar-refractivity contribution is 6.21. The van der Waals surface area contributed by atoms with Crippen LogP contribution in [-0.2, 0) is 28.2 Å². The van der Waals surface area contributed by atoms with Crippen molar-refractivity contribution in [2.75, 3.05) is 0 Å². The van der Waals surface area contributed by atoms with Gasteiger partial charge in [0.1, 0.15) is 72.9 Å². The van der Waals surface area contributed by atoms with Crippen molar-refractivity contribution in [1.29, 1.82) is 0 Å². The minimum atomic E-state index is -2.49. The van der Waals surface area contributed by atoms with Gasteiger partial charge in [-0.1, -0.05) is 256 Å². The quantitative estimate of drug-likeness (QED) is 0.0901. The van der Waals surface area contributed by atoms with Crippen LogP contribution < -0.4 is 18.3 Å². The Balaban J connectivity index is 0.000000132. The van der Waals surface area contributed by atoms with Crippen molar-refractivity contribution in [2.24, 2.45) is 28.2 Å². The third-order valence-electron chi connectivity index (χ3n) is 25.3. The highest BCUT2D eigenvalue weighted by atomic mass is 16.3. The van der Waals surface area contributed by atoms with Gasteiger partial charge in [-0.2, -0.15) is 18.3 Å². The number of para-hydroxylation sites is 1. The van der Waals surface area contributed by atoms with Gasteiger partial charge in [-0.25, -0.2) is 19.4 Å². The standard InChI is InChI=1S/4C30H27N2O/c1-18(2)22-16-20(4)32(6)26(17-22)27-19(3)15-24(21-11-8-7-9-12-21)28-23-13-10-14-25(31-5)29(23)33-30(27)28;1-18(2)22-14-20(4)32(6)27(17-22)28-19(3)12-13-24-25-15-23(21-10-8-7-9-11-21)16-26(31-5)29(25)33-30(24)28;1-18(2)22-16-20(4)32(6)26(17-22)27-19(3)12-13-24-28-23(21-10-8-7-9-11-21)14-15-25(31-5)30(28)33-29(24)27;1-18(2)22-16-20(4)32(6)26(17-22)27-19(3)12-13-24-25-15-14-23(21-10-8-7-9-11-21)28(31-5)30(25)33-29(24)27/h4*7-18H,1-4,6H3/q4*+1/i16D,17D,18D;14D,17D,18D;16D,17D,18D;1D3,18D. The normalized spacial score (nSPS) is 13.6. The van der Waals surface area contributed by atoms with Gasteiger partial charge in [-0.3, -0.25) is 0 Å². The van der Waals surface area contributed by atoms with E-state index < -0.39 is 30.4 Å². The molecule has 0 aliphatic rings. The molecule has 8 heterocycles. The molecule has 0 aliphatic carbocycles. The number of benzene rings is 12. The van der Waals surface area contributed by atoms with Crippen LogP contribution in [0.1, 0.15) is 164 Å². The molecule has 0 radical (unpaired) electrons. The summed E-state index contributed by atoms with van der Waals surface area (Å²) in [6.07, 6.45) is 0. The molecular formula is C120H108N8O4+4. The molecule has 0 fully saturated rings. The zero-order chi connectivity index (χ0) is 105. The molecule has 0 amide bonds. The van der Waals surface area contributed by atoms with Crippen LogP contribution in [0.3, 0.4) is 0 Å². The summed E-state index contributed by atoms with van der Waals surface area (Å²) >= 11 is 0. The molecule has 0 spiro atoms. The van der Waals surface area contributed by atoms with E-state index in [0.29, 0.717) is 124 Å². The number of aromatic nitrogens is 4. The molecule has 12 aromatic carbocycles. The van der Waals surface area contributed by atoms with Gasteiger partial charge in [-0.05, 0) is 158 Å². The van der Waals surface area contributed by atoms with Crippen molar-refractivity contribution in [3.8, 4) is 89.5 Å². The Labute approximate surface area is 791 Å². The third-order valence-corrected chi connectivity index (χ3v) is 25.3. The van der Waals surface area contributed by atoms with E-state index in [1.807, 2.05) is 284 Å². The second-order valence-electron chi connectivity index (χ2n) is 34.6. The number of aryl methyl sites for hydroxylation is 5. The van der Waals surface area contributed by atoms with Gasteiger partial charge in [-0.15, -0.1) is 0 Å². The Morgan fingerprint density at radius 1 is 0.280 bits per heavy atom. The lowest BCUT2D eigenvalue weighted by molar-refractivity contribution is -0.666. The van der Waals surface area contributed by atoms with Crippen LogP contribution in [0.25, 0.3) is 197 Å². The first-order valence-corrected chi connectivity index (χ1v) is 43.8. The lowest BCUT2D eigenvalue weighted by atomic mass is 9.91. The summed E-state index contributed by atoms with van der Waals surface area (Å²) in [6.45, 7) is 55.8. The molecule has 1 unspecified atom stereocenters. The third kappa shape index (κ3) is 16.0. The summed E-state index contributed by atoms with van der Waals surface area (Å²) in [5, 5.41) is 6.93. The average Bonchev–Trinajstić information content (AvgIpc) is 1.62. The molecule has 0 saturated carbocycles. The van der Waals surface area contributed by atoms with E-state index in [-0.39, 0.29) is 36.3 Å². The van der Waals surface area contributed by atoms with Gasteiger partial charge in [0.2, 0.25) is 45.5 Å². The highest BCUT2D eigenvalue weighted by Gasteiger charge is 2.32. The first-order chi connectivity index (χ1) is 68.6. The second kappa shape index (κ2) is 36.1. The maximum atomic E-state index is 9.17. The number of pyridine rings is 4. The Kier molecular flexibility index (Phi) is 20.1. The first kappa shape index (κ1) is 73.3. The van der Waals surface area contributed by atoms with Gasteiger partial charge < -0.3 is 17.7 Å². The number of fused-ring (bicyclic) bond motifs is 12. The minimum absolute atomic E-state index is 0.149. The maximum Gasteiger partial charge on any atom is 0.237 e. The van der Waals surface area contributed by atoms with Crippen LogP contribution in [0.4, 0.5) is 22.7 Å². The fraction of sp³-hybridized carbons (Fsp3) is 0.200. The number of hydrogen-bond donors (Lipinski definition) is 0. The van der Waals surface area contributed by atoms with E-state index in [9.17, 15) is 0 Å². The molecule has 12 nitrogen and oxygen atoms in total. The first-order valence-electron chi connectivity index (χ1n) is 50.3. The largest absolute Gasteiger partial charge is 0.466 e. The summed E-state index contributed by atoms with van der Waals surface area (Å²) in [4.78, 5) is 15.1. The van der Waals surface area contributed by atoms with Crippen LogP contribution in [0.15, 0.2) is 284 Å². The van der Waals surface area contributed by atoms with Crippen molar-refractivity contribution in [3.63, 3.8) is 0 Å². The molecule has 20 aromatic rings. The summed E-state index contributed by atoms with van der Waals surface area (Å²) < 4.78 is 145. The smallest absolute Gasteiger partial charge is 0.237 e.